The third-order valence-electron chi connectivity index (χ3n) is 2.67. The molecule has 18 heavy (non-hydrogen) atoms. The molecular weight excluding hydrogens is 248 g/mol. The van der Waals surface area contributed by atoms with E-state index >= 15 is 0 Å². The van der Waals surface area contributed by atoms with Gasteiger partial charge in [0.25, 0.3) is 0 Å². The summed E-state index contributed by atoms with van der Waals surface area (Å²) in [5, 5.41) is 0. The molecule has 0 saturated carbocycles. The van der Waals surface area contributed by atoms with Gasteiger partial charge in [0.1, 0.15) is 5.41 Å². The minimum Gasteiger partial charge on any atom is -0.466 e. The van der Waals surface area contributed by atoms with Gasteiger partial charge >= 0.3 is 5.97 Å². The van der Waals surface area contributed by atoms with E-state index in [2.05, 4.69) is 13.8 Å². The summed E-state index contributed by atoms with van der Waals surface area (Å²) in [4.78, 5) is 10.8. The average molecular weight is 276 g/mol. The molecule has 0 saturated heterocycles. The monoisotopic (exact) mass is 276 g/mol. The van der Waals surface area contributed by atoms with E-state index < -0.39 is 5.41 Å². The summed E-state index contributed by atoms with van der Waals surface area (Å²) in [6, 6.07) is 0. The molecule has 0 rings (SSSR count). The van der Waals surface area contributed by atoms with Gasteiger partial charge in [0, 0.05) is 26.6 Å². The average Bonchev–Trinajstić information content (AvgIpc) is 2.29. The maximum absolute atomic E-state index is 10.8. The Balaban J connectivity index is 4.06. The van der Waals surface area contributed by atoms with E-state index in [1.807, 2.05) is 0 Å². The fourth-order valence-corrected chi connectivity index (χ4v) is 2.04. The zero-order valence-electron chi connectivity index (χ0n) is 12.3. The molecule has 0 spiro atoms. The predicted octanol–water partition coefficient (Wildman–Crippen LogP) is 1.59. The molecule has 0 aromatic rings. The van der Waals surface area contributed by atoms with Gasteiger partial charge in [0.15, 0.2) is 0 Å². The number of ether oxygens (including phenoxy) is 3. The Morgan fingerprint density at radius 2 is 1.56 bits per heavy atom. The first-order valence-electron chi connectivity index (χ1n) is 6.95. The van der Waals surface area contributed by atoms with E-state index in [0.717, 1.165) is 35.9 Å². The lowest BCUT2D eigenvalue weighted by Gasteiger charge is -2.30. The van der Waals surface area contributed by atoms with E-state index in [-0.39, 0.29) is 5.97 Å². The molecule has 0 unspecified atom stereocenters. The van der Waals surface area contributed by atoms with E-state index in [1.54, 1.807) is 0 Å². The molecule has 0 aromatic carbocycles. The fourth-order valence-electron chi connectivity index (χ4n) is 1.43. The SMILES string of the molecule is CCCCOC([SiH3])(CCOC(C)=O)OCCCC. The number of unbranched alkanes of at least 4 members (excludes halogenated alkanes) is 2. The molecule has 0 aliphatic heterocycles. The van der Waals surface area contributed by atoms with E-state index in [4.69, 9.17) is 14.2 Å². The molecule has 0 heterocycles. The van der Waals surface area contributed by atoms with Crippen LogP contribution in [-0.2, 0) is 19.0 Å². The van der Waals surface area contributed by atoms with Crippen molar-refractivity contribution in [3.05, 3.63) is 0 Å². The number of esters is 1. The van der Waals surface area contributed by atoms with E-state index in [1.165, 1.54) is 6.92 Å². The molecule has 4 nitrogen and oxygen atoms in total. The highest BCUT2D eigenvalue weighted by atomic mass is 28.1. The van der Waals surface area contributed by atoms with Crippen LogP contribution in [0.5, 0.6) is 0 Å². The number of hydrogen-bond donors (Lipinski definition) is 0. The van der Waals surface area contributed by atoms with E-state index in [0.29, 0.717) is 26.2 Å². The lowest BCUT2D eigenvalue weighted by molar-refractivity contribution is -0.190. The second kappa shape index (κ2) is 10.5. The Bertz CT molecular complexity index is 211. The van der Waals surface area contributed by atoms with Crippen LogP contribution in [0.25, 0.3) is 0 Å². The maximum atomic E-state index is 10.8. The normalized spacial score (nSPS) is 11.7. The quantitative estimate of drug-likeness (QED) is 0.249. The zero-order chi connectivity index (χ0) is 13.9. The summed E-state index contributed by atoms with van der Waals surface area (Å²) in [6.07, 6.45) is 4.92. The molecule has 0 N–H and O–H groups in total. The van der Waals surface area contributed by atoms with Crippen molar-refractivity contribution in [1.82, 2.24) is 0 Å². The van der Waals surface area contributed by atoms with Crippen LogP contribution in [0.4, 0.5) is 0 Å². The van der Waals surface area contributed by atoms with Crippen LogP contribution in [0.1, 0.15) is 52.9 Å². The molecule has 0 aromatic heterocycles. The highest BCUT2D eigenvalue weighted by Gasteiger charge is 2.25. The first-order chi connectivity index (χ1) is 8.54. The highest BCUT2D eigenvalue weighted by molar-refractivity contribution is 6.13. The summed E-state index contributed by atoms with van der Waals surface area (Å²) in [5.74, 6) is -0.249. The number of rotatable bonds is 11. The summed E-state index contributed by atoms with van der Waals surface area (Å²) < 4.78 is 16.7. The first kappa shape index (κ1) is 17.6. The Morgan fingerprint density at radius 3 is 1.94 bits per heavy atom. The zero-order valence-corrected chi connectivity index (χ0v) is 14.3. The van der Waals surface area contributed by atoms with Crippen molar-refractivity contribution in [3.8, 4) is 0 Å². The standard InChI is InChI=1S/C13H28O4Si/c1-4-6-9-16-13(18,17-10-7-5-2)8-11-15-12(3)14/h4-11H2,1-3,18H3. The Morgan fingerprint density at radius 1 is 1.06 bits per heavy atom. The van der Waals surface area contributed by atoms with Gasteiger partial charge in [0.05, 0.1) is 16.8 Å². The first-order valence-corrected chi connectivity index (χ1v) is 7.95. The summed E-state index contributed by atoms with van der Waals surface area (Å²) in [6.45, 7) is 7.49. The largest absolute Gasteiger partial charge is 0.466 e. The molecule has 0 atom stereocenters. The van der Waals surface area contributed by atoms with Crippen LogP contribution < -0.4 is 0 Å². The lowest BCUT2D eigenvalue weighted by Crippen LogP contribution is -2.39. The minimum absolute atomic E-state index is 0.249. The molecular formula is C13H28O4Si. The number of hydrogen-bond acceptors (Lipinski definition) is 4. The van der Waals surface area contributed by atoms with Gasteiger partial charge in [-0.25, -0.2) is 0 Å². The van der Waals surface area contributed by atoms with Crippen LogP contribution in [-0.4, -0.2) is 41.4 Å². The third-order valence-corrected chi connectivity index (χ3v) is 3.75. The van der Waals surface area contributed by atoms with Crippen molar-refractivity contribution in [2.75, 3.05) is 19.8 Å². The van der Waals surface area contributed by atoms with Gasteiger partial charge in [0.2, 0.25) is 0 Å². The molecule has 0 radical (unpaired) electrons. The fraction of sp³-hybridized carbons (Fsp3) is 0.923. The van der Waals surface area contributed by atoms with Crippen LogP contribution in [0.3, 0.4) is 0 Å². The van der Waals surface area contributed by atoms with E-state index in [9.17, 15) is 4.79 Å². The van der Waals surface area contributed by atoms with Gasteiger partial charge in [-0.15, -0.1) is 0 Å². The van der Waals surface area contributed by atoms with Crippen molar-refractivity contribution in [1.29, 1.82) is 0 Å². The van der Waals surface area contributed by atoms with Crippen LogP contribution in [0, 0.1) is 0 Å². The summed E-state index contributed by atoms with van der Waals surface area (Å²) in [7, 11) is 0.776. The van der Waals surface area contributed by atoms with Crippen LogP contribution in [0.2, 0.25) is 0 Å². The lowest BCUT2D eigenvalue weighted by atomic mass is 10.3. The number of carbonyl (C=O) groups is 1. The second-order valence-electron chi connectivity index (χ2n) is 4.63. The topological polar surface area (TPSA) is 44.8 Å². The van der Waals surface area contributed by atoms with Crippen molar-refractivity contribution in [3.63, 3.8) is 0 Å². The van der Waals surface area contributed by atoms with Crippen LogP contribution >= 0.6 is 0 Å². The van der Waals surface area contributed by atoms with Crippen molar-refractivity contribution >= 4 is 16.2 Å². The molecule has 0 fully saturated rings. The van der Waals surface area contributed by atoms with Crippen molar-refractivity contribution < 1.29 is 19.0 Å². The minimum atomic E-state index is -0.500. The van der Waals surface area contributed by atoms with Crippen molar-refractivity contribution in [2.45, 2.75) is 58.3 Å². The Kier molecular flexibility index (Phi) is 10.3. The van der Waals surface area contributed by atoms with Gasteiger partial charge < -0.3 is 14.2 Å². The second-order valence-corrected chi connectivity index (χ2v) is 6.15. The molecule has 0 bridgehead atoms. The predicted molar refractivity (Wildman–Crippen MR) is 75.6 cm³/mol. The van der Waals surface area contributed by atoms with Gasteiger partial charge in [-0.1, -0.05) is 26.7 Å². The van der Waals surface area contributed by atoms with Crippen molar-refractivity contribution in [2.24, 2.45) is 0 Å². The summed E-state index contributed by atoms with van der Waals surface area (Å²) in [5.41, 5.74) is -0.500. The van der Waals surface area contributed by atoms with Gasteiger partial charge in [-0.3, -0.25) is 4.79 Å². The molecule has 108 valence electrons. The third kappa shape index (κ3) is 9.62. The summed E-state index contributed by atoms with van der Waals surface area (Å²) >= 11 is 0. The Hall–Kier alpha value is -0.393. The highest BCUT2D eigenvalue weighted by Crippen LogP contribution is 2.16. The molecule has 0 aliphatic carbocycles. The molecule has 5 heteroatoms. The van der Waals surface area contributed by atoms with Crippen LogP contribution in [0.15, 0.2) is 0 Å². The Labute approximate surface area is 114 Å². The molecule has 0 amide bonds. The maximum Gasteiger partial charge on any atom is 0.302 e. The molecule has 0 aliphatic rings. The smallest absolute Gasteiger partial charge is 0.302 e. The number of carbonyl (C=O) groups excluding carboxylic acids is 1. The van der Waals surface area contributed by atoms with Gasteiger partial charge in [-0.2, -0.15) is 0 Å². The van der Waals surface area contributed by atoms with Gasteiger partial charge in [-0.05, 0) is 12.8 Å².